The fraction of sp³-hybridized carbons (Fsp3) is 0.444. The summed E-state index contributed by atoms with van der Waals surface area (Å²) < 4.78 is 18.4. The van der Waals surface area contributed by atoms with Crippen molar-refractivity contribution in [2.24, 2.45) is 7.05 Å². The number of hydrogen-bond donors (Lipinski definition) is 0. The number of carbonyl (C=O) groups excluding carboxylic acids is 1. The predicted octanol–water partition coefficient (Wildman–Crippen LogP) is 1.72. The number of aromatic nitrogens is 2. The summed E-state index contributed by atoms with van der Waals surface area (Å²) in [7, 11) is 1.82. The van der Waals surface area contributed by atoms with E-state index in [0.717, 1.165) is 17.7 Å². The van der Waals surface area contributed by atoms with Crippen molar-refractivity contribution in [1.29, 1.82) is 0 Å². The molecule has 1 aromatic carbocycles. The summed E-state index contributed by atoms with van der Waals surface area (Å²) in [5, 5.41) is 4.51. The minimum atomic E-state index is -0.0153. The zero-order chi connectivity index (χ0) is 17.2. The van der Waals surface area contributed by atoms with E-state index in [0.29, 0.717) is 56.5 Å². The standard InChI is InChI=1S/C18H21N3O4/c1-20-12-14(18(22)21-5-9-23-10-6-21)17(19-20)13-3-4-15-16(11-13)25-8-2-7-24-15/h3-4,11-12H,2,5-10H2,1H3. The van der Waals surface area contributed by atoms with Crippen LogP contribution in [0.4, 0.5) is 0 Å². The number of fused-ring (bicyclic) bond motifs is 1. The van der Waals surface area contributed by atoms with Gasteiger partial charge in [0.2, 0.25) is 0 Å². The predicted molar refractivity (Wildman–Crippen MR) is 91.0 cm³/mol. The fourth-order valence-electron chi connectivity index (χ4n) is 3.11. The second-order valence-corrected chi connectivity index (χ2v) is 6.18. The van der Waals surface area contributed by atoms with Gasteiger partial charge in [0.1, 0.15) is 5.69 Å². The van der Waals surface area contributed by atoms with Crippen LogP contribution in [-0.4, -0.2) is 60.1 Å². The Kier molecular flexibility index (Phi) is 4.31. The summed E-state index contributed by atoms with van der Waals surface area (Å²) in [6.07, 6.45) is 2.63. The van der Waals surface area contributed by atoms with E-state index in [1.165, 1.54) is 0 Å². The Hall–Kier alpha value is -2.54. The molecule has 4 rings (SSSR count). The van der Waals surface area contributed by atoms with Crippen molar-refractivity contribution in [3.63, 3.8) is 0 Å². The Labute approximate surface area is 146 Å². The molecule has 2 aliphatic rings. The second-order valence-electron chi connectivity index (χ2n) is 6.18. The van der Waals surface area contributed by atoms with Crippen molar-refractivity contribution in [2.75, 3.05) is 39.5 Å². The summed E-state index contributed by atoms with van der Waals surface area (Å²) in [6, 6.07) is 5.71. The molecule has 1 fully saturated rings. The monoisotopic (exact) mass is 343 g/mol. The molecular formula is C18H21N3O4. The SMILES string of the molecule is Cn1cc(C(=O)N2CCOCC2)c(-c2ccc3c(c2)OCCCO3)n1. The maximum Gasteiger partial charge on any atom is 0.257 e. The number of rotatable bonds is 2. The lowest BCUT2D eigenvalue weighted by atomic mass is 10.1. The van der Waals surface area contributed by atoms with Gasteiger partial charge in [0, 0.05) is 38.3 Å². The minimum Gasteiger partial charge on any atom is -0.490 e. The van der Waals surface area contributed by atoms with Crippen LogP contribution in [0.25, 0.3) is 11.3 Å². The molecule has 1 aromatic heterocycles. The van der Waals surface area contributed by atoms with Gasteiger partial charge in [-0.3, -0.25) is 9.48 Å². The maximum absolute atomic E-state index is 12.9. The van der Waals surface area contributed by atoms with Crippen LogP contribution < -0.4 is 9.47 Å². The first-order valence-electron chi connectivity index (χ1n) is 8.53. The first-order valence-corrected chi connectivity index (χ1v) is 8.53. The third-order valence-corrected chi connectivity index (χ3v) is 4.38. The third-order valence-electron chi connectivity index (χ3n) is 4.38. The summed E-state index contributed by atoms with van der Waals surface area (Å²) in [6.45, 7) is 3.63. The Balaban J connectivity index is 1.69. The highest BCUT2D eigenvalue weighted by Gasteiger charge is 2.25. The lowest BCUT2D eigenvalue weighted by Crippen LogP contribution is -2.40. The molecule has 0 atom stereocenters. The zero-order valence-electron chi connectivity index (χ0n) is 14.2. The van der Waals surface area contributed by atoms with E-state index in [1.54, 1.807) is 10.9 Å². The molecule has 25 heavy (non-hydrogen) atoms. The first kappa shape index (κ1) is 16.0. The van der Waals surface area contributed by atoms with Crippen LogP contribution in [0.1, 0.15) is 16.8 Å². The van der Waals surface area contributed by atoms with Gasteiger partial charge in [-0.2, -0.15) is 5.10 Å². The van der Waals surface area contributed by atoms with E-state index in [4.69, 9.17) is 14.2 Å². The van der Waals surface area contributed by atoms with E-state index in [-0.39, 0.29) is 5.91 Å². The number of ether oxygens (including phenoxy) is 3. The van der Waals surface area contributed by atoms with Crippen LogP contribution >= 0.6 is 0 Å². The van der Waals surface area contributed by atoms with Gasteiger partial charge in [-0.25, -0.2) is 0 Å². The van der Waals surface area contributed by atoms with Crippen molar-refractivity contribution in [1.82, 2.24) is 14.7 Å². The molecule has 0 aliphatic carbocycles. The average molecular weight is 343 g/mol. The lowest BCUT2D eigenvalue weighted by Gasteiger charge is -2.26. The van der Waals surface area contributed by atoms with E-state index in [2.05, 4.69) is 5.10 Å². The van der Waals surface area contributed by atoms with E-state index >= 15 is 0 Å². The Bertz CT molecular complexity index is 781. The van der Waals surface area contributed by atoms with Crippen LogP contribution in [0.5, 0.6) is 11.5 Å². The minimum absolute atomic E-state index is 0.0153. The molecule has 0 saturated carbocycles. The fourth-order valence-corrected chi connectivity index (χ4v) is 3.11. The van der Waals surface area contributed by atoms with Crippen LogP contribution in [-0.2, 0) is 11.8 Å². The third kappa shape index (κ3) is 3.19. The first-order chi connectivity index (χ1) is 12.2. The molecular weight excluding hydrogens is 322 g/mol. The lowest BCUT2D eigenvalue weighted by molar-refractivity contribution is 0.0303. The molecule has 0 spiro atoms. The van der Waals surface area contributed by atoms with Gasteiger partial charge in [-0.1, -0.05) is 0 Å². The van der Waals surface area contributed by atoms with Gasteiger partial charge in [-0.05, 0) is 18.2 Å². The molecule has 0 bridgehead atoms. The Morgan fingerprint density at radius 2 is 1.84 bits per heavy atom. The summed E-state index contributed by atoms with van der Waals surface area (Å²) in [4.78, 5) is 14.7. The normalized spacial score (nSPS) is 17.2. The topological polar surface area (TPSA) is 65.8 Å². The van der Waals surface area contributed by atoms with Gasteiger partial charge in [0.15, 0.2) is 11.5 Å². The van der Waals surface area contributed by atoms with Crippen LogP contribution in [0, 0.1) is 0 Å². The number of aryl methyl sites for hydroxylation is 1. The van der Waals surface area contributed by atoms with E-state index < -0.39 is 0 Å². The summed E-state index contributed by atoms with van der Waals surface area (Å²) in [5.41, 5.74) is 2.11. The molecule has 0 radical (unpaired) electrons. The van der Waals surface area contributed by atoms with E-state index in [9.17, 15) is 4.79 Å². The number of carbonyl (C=O) groups is 1. The number of benzene rings is 1. The quantitative estimate of drug-likeness (QED) is 0.831. The molecule has 1 saturated heterocycles. The molecule has 7 nitrogen and oxygen atoms in total. The smallest absolute Gasteiger partial charge is 0.257 e. The molecule has 1 amide bonds. The molecule has 0 unspecified atom stereocenters. The van der Waals surface area contributed by atoms with Crippen LogP contribution in [0.15, 0.2) is 24.4 Å². The zero-order valence-corrected chi connectivity index (χ0v) is 14.2. The van der Waals surface area contributed by atoms with Gasteiger partial charge < -0.3 is 19.1 Å². The van der Waals surface area contributed by atoms with Crippen molar-refractivity contribution in [2.45, 2.75) is 6.42 Å². The molecule has 7 heteroatoms. The molecule has 132 valence electrons. The van der Waals surface area contributed by atoms with Gasteiger partial charge >= 0.3 is 0 Å². The number of amides is 1. The molecule has 2 aromatic rings. The van der Waals surface area contributed by atoms with Gasteiger partial charge in [0.05, 0.1) is 32.0 Å². The summed E-state index contributed by atoms with van der Waals surface area (Å²) in [5.74, 6) is 1.42. The van der Waals surface area contributed by atoms with Crippen molar-refractivity contribution < 1.29 is 19.0 Å². The molecule has 0 N–H and O–H groups in total. The average Bonchev–Trinajstić information content (AvgIpc) is 2.88. The second kappa shape index (κ2) is 6.76. The highest BCUT2D eigenvalue weighted by Crippen LogP contribution is 2.35. The number of nitrogens with zero attached hydrogens (tertiary/aromatic N) is 3. The number of morpholine rings is 1. The van der Waals surface area contributed by atoms with Gasteiger partial charge in [-0.15, -0.1) is 0 Å². The van der Waals surface area contributed by atoms with E-state index in [1.807, 2.05) is 30.1 Å². The highest BCUT2D eigenvalue weighted by atomic mass is 16.5. The van der Waals surface area contributed by atoms with Crippen molar-refractivity contribution >= 4 is 5.91 Å². The molecule has 3 heterocycles. The summed E-state index contributed by atoms with van der Waals surface area (Å²) >= 11 is 0. The van der Waals surface area contributed by atoms with Crippen molar-refractivity contribution in [3.8, 4) is 22.8 Å². The Morgan fingerprint density at radius 3 is 2.64 bits per heavy atom. The van der Waals surface area contributed by atoms with Crippen LogP contribution in [0.3, 0.4) is 0 Å². The number of hydrogen-bond acceptors (Lipinski definition) is 5. The van der Waals surface area contributed by atoms with Crippen molar-refractivity contribution in [3.05, 3.63) is 30.0 Å². The highest BCUT2D eigenvalue weighted by molar-refractivity contribution is 6.00. The van der Waals surface area contributed by atoms with Crippen LogP contribution in [0.2, 0.25) is 0 Å². The Morgan fingerprint density at radius 1 is 1.08 bits per heavy atom. The largest absolute Gasteiger partial charge is 0.490 e. The van der Waals surface area contributed by atoms with Gasteiger partial charge in [0.25, 0.3) is 5.91 Å². The molecule has 2 aliphatic heterocycles. The maximum atomic E-state index is 12.9.